The molecule has 0 fully saturated rings. The van der Waals surface area contributed by atoms with E-state index in [0.29, 0.717) is 21.4 Å². The minimum Gasteiger partial charge on any atom is -0.476 e. The van der Waals surface area contributed by atoms with Gasteiger partial charge in [-0.3, -0.25) is 4.98 Å². The Morgan fingerprint density at radius 1 is 1.13 bits per heavy atom. The average molecular weight is 449 g/mol. The Balaban J connectivity index is 1.62. The molecular formula is C17H10F3N7O3S. The van der Waals surface area contributed by atoms with Gasteiger partial charge in [-0.15, -0.1) is 21.5 Å². The predicted octanol–water partition coefficient (Wildman–Crippen LogP) is 3.43. The maximum atomic E-state index is 12.7. The summed E-state index contributed by atoms with van der Waals surface area (Å²) in [6.45, 7) is 0.203. The maximum Gasteiger partial charge on any atom is 0.471 e. The number of hydrogen-bond acceptors (Lipinski definition) is 10. The van der Waals surface area contributed by atoms with E-state index in [2.05, 4.69) is 34.8 Å². The van der Waals surface area contributed by atoms with Crippen molar-refractivity contribution in [2.45, 2.75) is 12.7 Å². The average Bonchev–Trinajstić information content (AvgIpc) is 3.42. The number of carboxylic acids is 1. The molecule has 31 heavy (non-hydrogen) atoms. The fourth-order valence-corrected chi connectivity index (χ4v) is 3.39. The predicted molar refractivity (Wildman–Crippen MR) is 99.5 cm³/mol. The van der Waals surface area contributed by atoms with Crippen LogP contribution in [0.15, 0.2) is 47.4 Å². The van der Waals surface area contributed by atoms with Gasteiger partial charge in [0.15, 0.2) is 17.3 Å². The van der Waals surface area contributed by atoms with E-state index in [4.69, 9.17) is 5.11 Å². The normalized spacial score (nSPS) is 11.5. The molecule has 0 aliphatic heterocycles. The van der Waals surface area contributed by atoms with Crippen LogP contribution in [-0.2, 0) is 12.7 Å². The second kappa shape index (κ2) is 8.06. The van der Waals surface area contributed by atoms with E-state index in [-0.39, 0.29) is 18.1 Å². The van der Waals surface area contributed by atoms with E-state index in [1.807, 2.05) is 0 Å². The molecule has 4 rings (SSSR count). The van der Waals surface area contributed by atoms with Crippen molar-refractivity contribution in [1.29, 1.82) is 0 Å². The number of halogens is 3. The summed E-state index contributed by atoms with van der Waals surface area (Å²) in [4.78, 5) is 25.3. The highest BCUT2D eigenvalue weighted by Gasteiger charge is 2.38. The number of nitrogens with zero attached hydrogens (tertiary/aromatic N) is 7. The fourth-order valence-electron chi connectivity index (χ4n) is 2.47. The fraction of sp³-hybridized carbons (Fsp3) is 0.118. The van der Waals surface area contributed by atoms with Gasteiger partial charge in [-0.25, -0.2) is 9.78 Å². The van der Waals surface area contributed by atoms with Crippen molar-refractivity contribution >= 4 is 28.9 Å². The highest BCUT2D eigenvalue weighted by atomic mass is 32.1. The second-order valence-corrected chi connectivity index (χ2v) is 7.09. The van der Waals surface area contributed by atoms with Gasteiger partial charge in [0.2, 0.25) is 5.82 Å². The highest BCUT2D eigenvalue weighted by molar-refractivity contribution is 7.15. The molecule has 14 heteroatoms. The molecule has 0 atom stereocenters. The first kappa shape index (κ1) is 20.3. The summed E-state index contributed by atoms with van der Waals surface area (Å²) in [6, 6.07) is 6.02. The third-order valence-electron chi connectivity index (χ3n) is 3.84. The van der Waals surface area contributed by atoms with Crippen LogP contribution < -0.4 is 4.90 Å². The van der Waals surface area contributed by atoms with Gasteiger partial charge in [0.25, 0.3) is 0 Å². The van der Waals surface area contributed by atoms with Crippen LogP contribution in [0, 0.1) is 0 Å². The van der Waals surface area contributed by atoms with Gasteiger partial charge in [0.1, 0.15) is 0 Å². The van der Waals surface area contributed by atoms with Crippen LogP contribution >= 0.6 is 11.3 Å². The molecular weight excluding hydrogens is 439 g/mol. The van der Waals surface area contributed by atoms with Crippen LogP contribution in [0.5, 0.6) is 0 Å². The lowest BCUT2D eigenvalue weighted by Gasteiger charge is -2.21. The minimum atomic E-state index is -4.73. The Morgan fingerprint density at radius 3 is 2.58 bits per heavy atom. The quantitative estimate of drug-likeness (QED) is 0.467. The smallest absolute Gasteiger partial charge is 0.471 e. The molecule has 0 aliphatic carbocycles. The van der Waals surface area contributed by atoms with Crippen LogP contribution in [0.4, 0.5) is 24.8 Å². The molecule has 0 saturated carbocycles. The van der Waals surface area contributed by atoms with Crippen LogP contribution in [0.1, 0.15) is 21.3 Å². The molecule has 0 spiro atoms. The van der Waals surface area contributed by atoms with Crippen LogP contribution in [-0.4, -0.2) is 41.4 Å². The van der Waals surface area contributed by atoms with Crippen molar-refractivity contribution in [2.24, 2.45) is 0 Å². The van der Waals surface area contributed by atoms with Crippen LogP contribution in [0.25, 0.3) is 10.7 Å². The number of aromatic nitrogens is 6. The lowest BCUT2D eigenvalue weighted by atomic mass is 10.3. The summed E-state index contributed by atoms with van der Waals surface area (Å²) < 4.78 is 42.3. The molecule has 0 aromatic carbocycles. The monoisotopic (exact) mass is 449 g/mol. The Labute approximate surface area is 175 Å². The van der Waals surface area contributed by atoms with Gasteiger partial charge in [0, 0.05) is 17.3 Å². The molecule has 4 aromatic rings. The van der Waals surface area contributed by atoms with Gasteiger partial charge < -0.3 is 14.5 Å². The highest BCUT2D eigenvalue weighted by Crippen LogP contribution is 2.33. The third-order valence-corrected chi connectivity index (χ3v) is 4.90. The van der Waals surface area contributed by atoms with Crippen molar-refractivity contribution in [3.8, 4) is 10.7 Å². The SMILES string of the molecule is O=C(O)c1ccc(N(Cc2ccc(-c3noc(C(F)(F)F)n3)s2)c2cnccn2)nn1. The molecule has 10 nitrogen and oxygen atoms in total. The first-order chi connectivity index (χ1) is 14.8. The Hall–Kier alpha value is -3.94. The largest absolute Gasteiger partial charge is 0.476 e. The van der Waals surface area contributed by atoms with Crippen molar-refractivity contribution in [2.75, 3.05) is 4.90 Å². The van der Waals surface area contributed by atoms with Crippen molar-refractivity contribution in [3.05, 3.63) is 59.3 Å². The summed E-state index contributed by atoms with van der Waals surface area (Å²) in [5.41, 5.74) is -0.223. The van der Waals surface area contributed by atoms with E-state index in [1.54, 1.807) is 17.0 Å². The summed E-state index contributed by atoms with van der Waals surface area (Å²) in [7, 11) is 0. The Kier molecular flexibility index (Phi) is 5.29. The first-order valence-corrected chi connectivity index (χ1v) is 9.23. The van der Waals surface area contributed by atoms with Crippen LogP contribution in [0.3, 0.4) is 0 Å². The van der Waals surface area contributed by atoms with Gasteiger partial charge in [0.05, 0.1) is 17.6 Å². The van der Waals surface area contributed by atoms with Gasteiger partial charge in [-0.1, -0.05) is 5.16 Å². The molecule has 0 radical (unpaired) electrons. The minimum absolute atomic E-state index is 0.180. The van der Waals surface area contributed by atoms with Crippen molar-refractivity contribution < 1.29 is 27.6 Å². The molecule has 158 valence electrons. The molecule has 4 heterocycles. The van der Waals surface area contributed by atoms with E-state index in [0.717, 1.165) is 11.3 Å². The number of carboxylic acid groups (broad SMARTS) is 1. The lowest BCUT2D eigenvalue weighted by molar-refractivity contribution is -0.159. The summed E-state index contributed by atoms with van der Waals surface area (Å²) in [6.07, 6.45) is -0.289. The molecule has 4 aromatic heterocycles. The summed E-state index contributed by atoms with van der Waals surface area (Å²) in [5, 5.41) is 20.0. The van der Waals surface area contributed by atoms with Crippen molar-refractivity contribution in [1.82, 2.24) is 30.3 Å². The first-order valence-electron chi connectivity index (χ1n) is 8.42. The molecule has 0 unspecified atom stereocenters. The zero-order chi connectivity index (χ0) is 22.0. The maximum absolute atomic E-state index is 12.7. The van der Waals surface area contributed by atoms with E-state index < -0.39 is 18.0 Å². The Bertz CT molecular complexity index is 1200. The molecule has 0 aliphatic rings. The number of rotatable bonds is 6. The van der Waals surface area contributed by atoms with Gasteiger partial charge in [-0.05, 0) is 24.3 Å². The standard InChI is InChI=1S/C17H10F3N7O3S/c18-17(19,20)16-23-14(26-30-16)11-3-1-9(31-11)8-27(13-7-21-5-6-22-13)12-4-2-10(15(28)29)24-25-12/h1-7H,8H2,(H,28,29). The Morgan fingerprint density at radius 2 is 1.97 bits per heavy atom. The van der Waals surface area contributed by atoms with Crippen molar-refractivity contribution in [3.63, 3.8) is 0 Å². The molecule has 0 saturated heterocycles. The number of thiophene rings is 1. The van der Waals surface area contributed by atoms with E-state index in [9.17, 15) is 18.0 Å². The van der Waals surface area contributed by atoms with E-state index in [1.165, 1.54) is 30.7 Å². The topological polar surface area (TPSA) is 131 Å². The molecule has 0 bridgehead atoms. The van der Waals surface area contributed by atoms with Crippen LogP contribution in [0.2, 0.25) is 0 Å². The number of aromatic carboxylic acids is 1. The summed E-state index contributed by atoms with van der Waals surface area (Å²) in [5.74, 6) is -2.10. The molecule has 0 amide bonds. The third kappa shape index (κ3) is 4.48. The number of hydrogen-bond donors (Lipinski definition) is 1. The lowest BCUT2D eigenvalue weighted by Crippen LogP contribution is -2.19. The number of anilines is 2. The molecule has 1 N–H and O–H groups in total. The number of carbonyl (C=O) groups is 1. The van der Waals surface area contributed by atoms with E-state index >= 15 is 0 Å². The zero-order valence-electron chi connectivity index (χ0n) is 15.2. The second-order valence-electron chi connectivity index (χ2n) is 5.92. The van der Waals surface area contributed by atoms with Gasteiger partial charge >= 0.3 is 18.0 Å². The summed E-state index contributed by atoms with van der Waals surface area (Å²) >= 11 is 1.15. The number of alkyl halides is 3. The zero-order valence-corrected chi connectivity index (χ0v) is 16.0. The van der Waals surface area contributed by atoms with Gasteiger partial charge in [-0.2, -0.15) is 18.2 Å².